The van der Waals surface area contributed by atoms with E-state index < -0.39 is 0 Å². The van der Waals surface area contributed by atoms with E-state index in [2.05, 4.69) is 10.3 Å². The van der Waals surface area contributed by atoms with Gasteiger partial charge < -0.3 is 19.5 Å². The molecule has 0 fully saturated rings. The Bertz CT molecular complexity index is 1030. The summed E-state index contributed by atoms with van der Waals surface area (Å²) >= 11 is 1.64. The molecule has 0 saturated carbocycles. The first-order valence-electron chi connectivity index (χ1n) is 11.2. The Kier molecular flexibility index (Phi) is 9.50. The number of nitrogens with zero attached hydrogens (tertiary/aromatic N) is 1. The van der Waals surface area contributed by atoms with Crippen LogP contribution in [0.15, 0.2) is 42.5 Å². The van der Waals surface area contributed by atoms with Gasteiger partial charge in [0, 0.05) is 13.0 Å². The molecule has 0 saturated heterocycles. The summed E-state index contributed by atoms with van der Waals surface area (Å²) in [6.45, 7) is 5.13. The minimum absolute atomic E-state index is 0.260. The van der Waals surface area contributed by atoms with Gasteiger partial charge in [-0.2, -0.15) is 0 Å². The molecule has 7 nitrogen and oxygen atoms in total. The molecule has 1 N–H and O–H groups in total. The van der Waals surface area contributed by atoms with Gasteiger partial charge in [-0.05, 0) is 62.9 Å². The van der Waals surface area contributed by atoms with Gasteiger partial charge in [-0.25, -0.2) is 4.98 Å². The lowest BCUT2D eigenvalue weighted by Gasteiger charge is -2.12. The van der Waals surface area contributed by atoms with Crippen LogP contribution in [0.1, 0.15) is 37.3 Å². The fourth-order valence-electron chi connectivity index (χ4n) is 3.28. The number of aryl methyl sites for hydroxylation is 1. The first kappa shape index (κ1) is 24.5. The molecule has 1 heterocycles. The number of hydrogen-bond donors (Lipinski definition) is 1. The number of para-hydroxylation sites is 1. The van der Waals surface area contributed by atoms with E-state index in [0.717, 1.165) is 20.8 Å². The fourth-order valence-corrected chi connectivity index (χ4v) is 4.29. The van der Waals surface area contributed by atoms with Crippen LogP contribution in [0.2, 0.25) is 0 Å². The van der Waals surface area contributed by atoms with Crippen molar-refractivity contribution in [2.75, 3.05) is 26.4 Å². The van der Waals surface area contributed by atoms with E-state index >= 15 is 0 Å². The first-order chi connectivity index (χ1) is 16.1. The van der Waals surface area contributed by atoms with E-state index in [1.807, 2.05) is 56.3 Å². The largest absolute Gasteiger partial charge is 0.490 e. The molecule has 8 heteroatoms. The van der Waals surface area contributed by atoms with E-state index in [1.165, 1.54) is 0 Å². The standard InChI is InChI=1S/C25H30N2O5S/c1-3-30-20-13-12-18(16-21(20)31-4-2)14-15-26-23(28)17-32-25(29)11-7-10-24-27-19-8-5-6-9-22(19)33-24/h5-6,8-9,12-13,16H,3-4,7,10-11,14-15,17H2,1-2H3,(H,26,28). The molecule has 0 bridgehead atoms. The molecular weight excluding hydrogens is 440 g/mol. The molecule has 176 valence electrons. The molecule has 0 aliphatic rings. The summed E-state index contributed by atoms with van der Waals surface area (Å²) < 4.78 is 17.4. The smallest absolute Gasteiger partial charge is 0.306 e. The Balaban J connectivity index is 1.32. The third-order valence-corrected chi connectivity index (χ3v) is 5.91. The summed E-state index contributed by atoms with van der Waals surface area (Å²) in [6, 6.07) is 13.7. The van der Waals surface area contributed by atoms with Crippen molar-refractivity contribution in [1.29, 1.82) is 0 Å². The quantitative estimate of drug-likeness (QED) is 0.375. The molecule has 33 heavy (non-hydrogen) atoms. The number of rotatable bonds is 13. The van der Waals surface area contributed by atoms with Gasteiger partial charge in [0.1, 0.15) is 0 Å². The van der Waals surface area contributed by atoms with E-state index in [4.69, 9.17) is 14.2 Å². The number of aromatic nitrogens is 1. The SMILES string of the molecule is CCOc1ccc(CCNC(=O)COC(=O)CCCc2nc3ccccc3s2)cc1OCC. The van der Waals surface area contributed by atoms with Gasteiger partial charge in [0.15, 0.2) is 18.1 Å². The van der Waals surface area contributed by atoms with Crippen molar-refractivity contribution in [3.8, 4) is 11.5 Å². The highest BCUT2D eigenvalue weighted by Gasteiger charge is 2.10. The van der Waals surface area contributed by atoms with Crippen molar-refractivity contribution in [3.63, 3.8) is 0 Å². The molecule has 0 spiro atoms. The summed E-state index contributed by atoms with van der Waals surface area (Å²) in [5, 5.41) is 3.78. The van der Waals surface area contributed by atoms with E-state index in [1.54, 1.807) is 11.3 Å². The monoisotopic (exact) mass is 470 g/mol. The van der Waals surface area contributed by atoms with E-state index in [-0.39, 0.29) is 24.9 Å². The van der Waals surface area contributed by atoms with Crippen molar-refractivity contribution in [2.24, 2.45) is 0 Å². The van der Waals surface area contributed by atoms with Crippen molar-refractivity contribution in [3.05, 3.63) is 53.0 Å². The van der Waals surface area contributed by atoms with E-state index in [0.29, 0.717) is 50.5 Å². The maximum atomic E-state index is 12.0. The fraction of sp³-hybridized carbons (Fsp3) is 0.400. The second kappa shape index (κ2) is 12.8. The van der Waals surface area contributed by atoms with Crippen molar-refractivity contribution < 1.29 is 23.8 Å². The average molecular weight is 471 g/mol. The second-order valence-electron chi connectivity index (χ2n) is 7.34. The van der Waals surface area contributed by atoms with Crippen LogP contribution in [0, 0.1) is 0 Å². The number of hydrogen-bond acceptors (Lipinski definition) is 7. The number of carbonyl (C=O) groups is 2. The topological polar surface area (TPSA) is 86.8 Å². The zero-order chi connectivity index (χ0) is 23.5. The van der Waals surface area contributed by atoms with Crippen LogP contribution in [0.25, 0.3) is 10.2 Å². The highest BCUT2D eigenvalue weighted by atomic mass is 32.1. The Morgan fingerprint density at radius 2 is 1.79 bits per heavy atom. The third-order valence-electron chi connectivity index (χ3n) is 4.82. The van der Waals surface area contributed by atoms with Crippen LogP contribution < -0.4 is 14.8 Å². The van der Waals surface area contributed by atoms with Gasteiger partial charge in [-0.1, -0.05) is 18.2 Å². The summed E-state index contributed by atoms with van der Waals surface area (Å²) in [5.74, 6) is 0.717. The molecule has 3 aromatic rings. The number of benzene rings is 2. The van der Waals surface area contributed by atoms with Gasteiger partial charge in [0.25, 0.3) is 5.91 Å². The highest BCUT2D eigenvalue weighted by Crippen LogP contribution is 2.28. The molecule has 0 aliphatic carbocycles. The van der Waals surface area contributed by atoms with Crippen molar-refractivity contribution in [1.82, 2.24) is 10.3 Å². The number of fused-ring (bicyclic) bond motifs is 1. The molecule has 0 atom stereocenters. The second-order valence-corrected chi connectivity index (χ2v) is 8.45. The Hall–Kier alpha value is -3.13. The number of esters is 1. The van der Waals surface area contributed by atoms with Crippen LogP contribution in [0.4, 0.5) is 0 Å². The third kappa shape index (κ3) is 7.75. The Morgan fingerprint density at radius 3 is 2.58 bits per heavy atom. The molecule has 2 aromatic carbocycles. The lowest BCUT2D eigenvalue weighted by atomic mass is 10.1. The maximum Gasteiger partial charge on any atom is 0.306 e. The number of thiazole rings is 1. The van der Waals surface area contributed by atoms with Gasteiger partial charge >= 0.3 is 5.97 Å². The molecule has 1 aromatic heterocycles. The number of ether oxygens (including phenoxy) is 3. The number of carbonyl (C=O) groups excluding carboxylic acids is 2. The Morgan fingerprint density at radius 1 is 1.00 bits per heavy atom. The molecule has 3 rings (SSSR count). The highest BCUT2D eigenvalue weighted by molar-refractivity contribution is 7.18. The summed E-state index contributed by atoms with van der Waals surface area (Å²) in [7, 11) is 0. The van der Waals surface area contributed by atoms with Gasteiger partial charge in [0.05, 0.1) is 28.4 Å². The number of nitrogens with one attached hydrogen (secondary N) is 1. The van der Waals surface area contributed by atoms with Crippen LogP contribution in [0.3, 0.4) is 0 Å². The predicted molar refractivity (Wildman–Crippen MR) is 129 cm³/mol. The summed E-state index contributed by atoms with van der Waals surface area (Å²) in [4.78, 5) is 28.5. The van der Waals surface area contributed by atoms with Gasteiger partial charge in [-0.15, -0.1) is 11.3 Å². The minimum Gasteiger partial charge on any atom is -0.490 e. The maximum absolute atomic E-state index is 12.0. The zero-order valence-corrected chi connectivity index (χ0v) is 19.9. The normalized spacial score (nSPS) is 10.7. The summed E-state index contributed by atoms with van der Waals surface area (Å²) in [6.07, 6.45) is 2.25. The van der Waals surface area contributed by atoms with Crippen molar-refractivity contribution >= 4 is 33.4 Å². The van der Waals surface area contributed by atoms with Gasteiger partial charge in [0.2, 0.25) is 0 Å². The van der Waals surface area contributed by atoms with E-state index in [9.17, 15) is 9.59 Å². The number of amides is 1. The zero-order valence-electron chi connectivity index (χ0n) is 19.1. The Labute approximate surface area is 198 Å². The van der Waals surface area contributed by atoms with Gasteiger partial charge in [-0.3, -0.25) is 9.59 Å². The van der Waals surface area contributed by atoms with Crippen LogP contribution in [-0.4, -0.2) is 43.2 Å². The van der Waals surface area contributed by atoms with Crippen LogP contribution >= 0.6 is 11.3 Å². The lowest BCUT2D eigenvalue weighted by molar-refractivity contribution is -0.148. The predicted octanol–water partition coefficient (Wildman–Crippen LogP) is 4.32. The lowest BCUT2D eigenvalue weighted by Crippen LogP contribution is -2.30. The van der Waals surface area contributed by atoms with Crippen LogP contribution in [0.5, 0.6) is 11.5 Å². The molecule has 0 radical (unpaired) electrons. The molecule has 0 aliphatic heterocycles. The molecule has 1 amide bonds. The average Bonchev–Trinajstić information content (AvgIpc) is 3.22. The minimum atomic E-state index is -0.376. The molecule has 0 unspecified atom stereocenters. The van der Waals surface area contributed by atoms with Crippen molar-refractivity contribution in [2.45, 2.75) is 39.5 Å². The first-order valence-corrected chi connectivity index (χ1v) is 12.1. The van der Waals surface area contributed by atoms with Crippen LogP contribution in [-0.2, 0) is 27.2 Å². The molecular formula is C25H30N2O5S. The summed E-state index contributed by atoms with van der Waals surface area (Å²) in [5.41, 5.74) is 2.00.